The van der Waals surface area contributed by atoms with E-state index in [4.69, 9.17) is 28.6 Å². The second-order valence-electron chi connectivity index (χ2n) is 7.46. The van der Waals surface area contributed by atoms with Gasteiger partial charge in [-0.05, 0) is 54.2 Å². The summed E-state index contributed by atoms with van der Waals surface area (Å²) in [7, 11) is 1.80. The first kappa shape index (κ1) is 21.5. The molecule has 1 aromatic heterocycles. The third-order valence-electron chi connectivity index (χ3n) is 5.31. The first-order valence-electron chi connectivity index (χ1n) is 10.1. The molecule has 0 radical (unpaired) electrons. The molecule has 0 aliphatic carbocycles. The zero-order valence-corrected chi connectivity index (χ0v) is 18.8. The van der Waals surface area contributed by atoms with Crippen molar-refractivity contribution >= 4 is 35.4 Å². The van der Waals surface area contributed by atoms with Gasteiger partial charge < -0.3 is 14.5 Å². The van der Waals surface area contributed by atoms with Crippen molar-refractivity contribution in [3.05, 3.63) is 63.9 Å². The number of nitrogens with one attached hydrogen (secondary N) is 1. The molecular formula is C22H24ClN5O2S. The minimum atomic E-state index is -0.0510. The fourth-order valence-electron chi connectivity index (χ4n) is 3.54. The monoisotopic (exact) mass is 457 g/mol. The molecule has 1 aliphatic rings. The lowest BCUT2D eigenvalue weighted by Crippen LogP contribution is -2.36. The Balaban J connectivity index is 1.42. The summed E-state index contributed by atoms with van der Waals surface area (Å²) >= 11 is 11.3. The van der Waals surface area contributed by atoms with E-state index < -0.39 is 0 Å². The smallest absolute Gasteiger partial charge is 0.242 e. The molecule has 1 fully saturated rings. The Morgan fingerprint density at radius 1 is 1.16 bits per heavy atom. The molecule has 9 heteroatoms. The van der Waals surface area contributed by atoms with Gasteiger partial charge in [-0.25, -0.2) is 0 Å². The summed E-state index contributed by atoms with van der Waals surface area (Å²) in [6.07, 6.45) is 0. The largest absolute Gasteiger partial charge is 0.378 e. The molecule has 2 heterocycles. The van der Waals surface area contributed by atoms with Crippen molar-refractivity contribution in [2.24, 2.45) is 0 Å². The average molecular weight is 458 g/mol. The van der Waals surface area contributed by atoms with E-state index in [0.717, 1.165) is 37.4 Å². The molecule has 0 bridgehead atoms. The van der Waals surface area contributed by atoms with Crippen molar-refractivity contribution in [1.82, 2.24) is 19.7 Å². The molecule has 0 atom stereocenters. The minimum absolute atomic E-state index is 0.0510. The van der Waals surface area contributed by atoms with E-state index in [0.29, 0.717) is 22.2 Å². The highest BCUT2D eigenvalue weighted by molar-refractivity contribution is 7.71. The summed E-state index contributed by atoms with van der Waals surface area (Å²) in [5.74, 6) is 0.559. The molecule has 162 valence electrons. The van der Waals surface area contributed by atoms with Gasteiger partial charge in [0, 0.05) is 43.0 Å². The summed E-state index contributed by atoms with van der Waals surface area (Å²) in [6.45, 7) is 3.94. The first-order valence-corrected chi connectivity index (χ1v) is 10.9. The Kier molecular flexibility index (Phi) is 6.70. The second kappa shape index (κ2) is 9.64. The Morgan fingerprint density at radius 3 is 2.52 bits per heavy atom. The molecule has 3 aromatic rings. The van der Waals surface area contributed by atoms with Gasteiger partial charge in [-0.15, -0.1) is 0 Å². The van der Waals surface area contributed by atoms with E-state index >= 15 is 0 Å². The standard InChI is InChI=1S/C22H24ClN5O2S/c1-26(14-16-2-8-19(9-3-16)27-10-12-30-13-11-27)20(29)15-28-21(24-25-22(28)31)17-4-6-18(23)7-5-17/h2-9H,10-15H2,1H3,(H,25,31). The van der Waals surface area contributed by atoms with Crippen LogP contribution in [-0.4, -0.2) is 58.9 Å². The molecule has 1 saturated heterocycles. The Morgan fingerprint density at radius 2 is 1.84 bits per heavy atom. The van der Waals surface area contributed by atoms with E-state index in [-0.39, 0.29) is 12.5 Å². The lowest BCUT2D eigenvalue weighted by molar-refractivity contribution is -0.131. The van der Waals surface area contributed by atoms with Crippen LogP contribution in [0, 0.1) is 4.77 Å². The van der Waals surface area contributed by atoms with Gasteiger partial charge in [-0.3, -0.25) is 14.5 Å². The molecule has 0 unspecified atom stereocenters. The van der Waals surface area contributed by atoms with Crippen LogP contribution in [0.2, 0.25) is 5.02 Å². The van der Waals surface area contributed by atoms with Gasteiger partial charge in [0.05, 0.1) is 13.2 Å². The van der Waals surface area contributed by atoms with Crippen LogP contribution in [0.5, 0.6) is 0 Å². The number of halogens is 1. The predicted molar refractivity (Wildman–Crippen MR) is 124 cm³/mol. The van der Waals surface area contributed by atoms with E-state index in [1.54, 1.807) is 28.6 Å². The molecule has 1 N–H and O–H groups in total. The number of benzene rings is 2. The summed E-state index contributed by atoms with van der Waals surface area (Å²) in [6, 6.07) is 15.6. The van der Waals surface area contributed by atoms with E-state index in [9.17, 15) is 4.79 Å². The highest BCUT2D eigenvalue weighted by Gasteiger charge is 2.16. The maximum absolute atomic E-state index is 12.9. The molecule has 31 heavy (non-hydrogen) atoms. The maximum Gasteiger partial charge on any atom is 0.242 e. The maximum atomic E-state index is 12.9. The SMILES string of the molecule is CN(Cc1ccc(N2CCOCC2)cc1)C(=O)Cn1c(-c2ccc(Cl)cc2)n[nH]c1=S. The van der Waals surface area contributed by atoms with Crippen molar-refractivity contribution < 1.29 is 9.53 Å². The second-order valence-corrected chi connectivity index (χ2v) is 8.28. The van der Waals surface area contributed by atoms with Crippen LogP contribution >= 0.6 is 23.8 Å². The van der Waals surface area contributed by atoms with Crippen LogP contribution in [0.15, 0.2) is 48.5 Å². The van der Waals surface area contributed by atoms with Crippen LogP contribution in [0.1, 0.15) is 5.56 Å². The normalized spacial score (nSPS) is 13.9. The summed E-state index contributed by atoms with van der Waals surface area (Å²) < 4.78 is 7.52. The molecule has 2 aromatic carbocycles. The fourth-order valence-corrected chi connectivity index (χ4v) is 3.86. The lowest BCUT2D eigenvalue weighted by Gasteiger charge is -2.29. The van der Waals surface area contributed by atoms with Crippen molar-refractivity contribution in [3.63, 3.8) is 0 Å². The van der Waals surface area contributed by atoms with Crippen LogP contribution in [0.4, 0.5) is 5.69 Å². The number of ether oxygens (including phenoxy) is 1. The number of aromatic amines is 1. The zero-order valence-electron chi connectivity index (χ0n) is 17.3. The number of aromatic nitrogens is 3. The number of H-pyrrole nitrogens is 1. The first-order chi connectivity index (χ1) is 15.0. The third-order valence-corrected chi connectivity index (χ3v) is 5.88. The van der Waals surface area contributed by atoms with Gasteiger partial charge in [-0.1, -0.05) is 23.7 Å². The zero-order chi connectivity index (χ0) is 21.8. The molecule has 7 nitrogen and oxygen atoms in total. The average Bonchev–Trinajstić information content (AvgIpc) is 3.15. The van der Waals surface area contributed by atoms with Gasteiger partial charge in [0.25, 0.3) is 0 Å². The Bertz CT molecular complexity index is 1090. The van der Waals surface area contributed by atoms with E-state index in [1.807, 2.05) is 12.1 Å². The fraction of sp³-hybridized carbons (Fsp3) is 0.318. The number of anilines is 1. The van der Waals surface area contributed by atoms with Crippen molar-refractivity contribution in [2.75, 3.05) is 38.3 Å². The topological polar surface area (TPSA) is 66.4 Å². The number of rotatable bonds is 6. The van der Waals surface area contributed by atoms with Crippen LogP contribution in [-0.2, 0) is 22.6 Å². The number of likely N-dealkylation sites (N-methyl/N-ethyl adjacent to an activating group) is 1. The molecule has 4 rings (SSSR count). The predicted octanol–water partition coefficient (Wildman–Crippen LogP) is 3.76. The van der Waals surface area contributed by atoms with Gasteiger partial charge in [-0.2, -0.15) is 5.10 Å². The van der Waals surface area contributed by atoms with Crippen LogP contribution in [0.3, 0.4) is 0 Å². The third kappa shape index (κ3) is 5.15. The summed E-state index contributed by atoms with van der Waals surface area (Å²) in [5, 5.41) is 7.70. The van der Waals surface area contributed by atoms with E-state index in [1.165, 1.54) is 5.69 Å². The van der Waals surface area contributed by atoms with Gasteiger partial charge in [0.1, 0.15) is 6.54 Å². The number of morpholine rings is 1. The highest BCUT2D eigenvalue weighted by Crippen LogP contribution is 2.21. The van der Waals surface area contributed by atoms with Crippen molar-refractivity contribution in [1.29, 1.82) is 0 Å². The molecular weight excluding hydrogens is 434 g/mol. The molecule has 0 saturated carbocycles. The Labute approximate surface area is 191 Å². The van der Waals surface area contributed by atoms with Crippen LogP contribution < -0.4 is 4.90 Å². The summed E-state index contributed by atoms with van der Waals surface area (Å²) in [5.41, 5.74) is 3.09. The number of hydrogen-bond acceptors (Lipinski definition) is 5. The van der Waals surface area contributed by atoms with Gasteiger partial charge in [0.2, 0.25) is 5.91 Å². The molecule has 1 amide bonds. The van der Waals surface area contributed by atoms with Crippen molar-refractivity contribution in [3.8, 4) is 11.4 Å². The lowest BCUT2D eigenvalue weighted by atomic mass is 10.1. The van der Waals surface area contributed by atoms with E-state index in [2.05, 4.69) is 39.4 Å². The quantitative estimate of drug-likeness (QED) is 0.571. The number of carbonyl (C=O) groups is 1. The molecule has 1 aliphatic heterocycles. The van der Waals surface area contributed by atoms with Crippen molar-refractivity contribution in [2.45, 2.75) is 13.1 Å². The molecule has 0 spiro atoms. The highest BCUT2D eigenvalue weighted by atomic mass is 35.5. The number of nitrogens with zero attached hydrogens (tertiary/aromatic N) is 4. The number of carbonyl (C=O) groups excluding carboxylic acids is 1. The van der Waals surface area contributed by atoms with Gasteiger partial charge in [0.15, 0.2) is 10.6 Å². The minimum Gasteiger partial charge on any atom is -0.378 e. The van der Waals surface area contributed by atoms with Gasteiger partial charge >= 0.3 is 0 Å². The summed E-state index contributed by atoms with van der Waals surface area (Å²) in [4.78, 5) is 16.9. The number of amides is 1. The van der Waals surface area contributed by atoms with Crippen LogP contribution in [0.25, 0.3) is 11.4 Å². The Hall–Kier alpha value is -2.68. The number of hydrogen-bond donors (Lipinski definition) is 1.